The van der Waals surface area contributed by atoms with Crippen molar-refractivity contribution in [1.82, 2.24) is 4.98 Å². The van der Waals surface area contributed by atoms with Crippen molar-refractivity contribution in [2.75, 3.05) is 11.1 Å². The molecule has 0 spiro atoms. The molecular weight excluding hydrogens is 481 g/mol. The summed E-state index contributed by atoms with van der Waals surface area (Å²) in [6.45, 7) is 2.02. The molecule has 4 nitrogen and oxygen atoms in total. The van der Waals surface area contributed by atoms with Gasteiger partial charge in [-0.25, -0.2) is 9.37 Å². The normalized spacial score (nSPS) is 10.6. The van der Waals surface area contributed by atoms with Crippen LogP contribution in [0.15, 0.2) is 83.9 Å². The molecule has 0 aliphatic carbocycles. The summed E-state index contributed by atoms with van der Waals surface area (Å²) in [5.41, 5.74) is 5.46. The summed E-state index contributed by atoms with van der Waals surface area (Å²) in [6, 6.07) is 26.1. The van der Waals surface area contributed by atoms with Crippen molar-refractivity contribution >= 4 is 35.0 Å². The summed E-state index contributed by atoms with van der Waals surface area (Å²) >= 11 is 7.14. The number of halogens is 2. The first-order valence-corrected chi connectivity index (χ1v) is 12.3. The third-order valence-corrected chi connectivity index (χ3v) is 6.57. The van der Waals surface area contributed by atoms with Gasteiger partial charge in [0.1, 0.15) is 16.9 Å². The number of nitrogens with zero attached hydrogens (tertiary/aromatic N) is 2. The number of carbonyl (C=O) groups excluding carboxylic acids is 1. The molecule has 0 bridgehead atoms. The number of hydrogen-bond donors (Lipinski definition) is 1. The van der Waals surface area contributed by atoms with Gasteiger partial charge in [0, 0.05) is 29.0 Å². The molecule has 0 atom stereocenters. The fraction of sp³-hybridized carbons (Fsp3) is 0.107. The highest BCUT2D eigenvalue weighted by Gasteiger charge is 2.16. The molecule has 0 radical (unpaired) electrons. The van der Waals surface area contributed by atoms with Crippen LogP contribution in [0.1, 0.15) is 17.5 Å². The van der Waals surface area contributed by atoms with Crippen LogP contribution in [-0.2, 0) is 4.79 Å². The molecule has 0 aliphatic heterocycles. The third-order valence-electron chi connectivity index (χ3n) is 5.30. The van der Waals surface area contributed by atoms with Crippen LogP contribution in [-0.4, -0.2) is 16.6 Å². The smallest absolute Gasteiger partial charge is 0.225 e. The predicted octanol–water partition coefficient (Wildman–Crippen LogP) is 7.51. The summed E-state index contributed by atoms with van der Waals surface area (Å²) in [7, 11) is 0. The quantitative estimate of drug-likeness (QED) is 0.266. The zero-order chi connectivity index (χ0) is 24.8. The van der Waals surface area contributed by atoms with Gasteiger partial charge in [-0.2, -0.15) is 5.26 Å². The number of nitrogens with one attached hydrogen (secondary N) is 1. The van der Waals surface area contributed by atoms with Crippen LogP contribution >= 0.6 is 23.4 Å². The number of thioether (sulfide) groups is 1. The maximum absolute atomic E-state index is 13.3. The topological polar surface area (TPSA) is 65.8 Å². The minimum atomic E-state index is -0.544. The first-order valence-electron chi connectivity index (χ1n) is 10.9. The molecule has 7 heteroatoms. The van der Waals surface area contributed by atoms with Crippen molar-refractivity contribution < 1.29 is 9.18 Å². The van der Waals surface area contributed by atoms with E-state index in [0.717, 1.165) is 27.9 Å². The van der Waals surface area contributed by atoms with E-state index in [1.807, 2.05) is 67.6 Å². The summed E-state index contributed by atoms with van der Waals surface area (Å²) < 4.78 is 13.3. The molecule has 0 aliphatic rings. The van der Waals surface area contributed by atoms with Crippen LogP contribution < -0.4 is 5.32 Å². The number of anilines is 1. The number of pyridine rings is 1. The Bertz CT molecular complexity index is 1400. The van der Waals surface area contributed by atoms with Gasteiger partial charge in [-0.1, -0.05) is 71.8 Å². The SMILES string of the molecule is Cc1ccc(-c2cc(-c3ccccc3)nc(SCCC(=O)Nc3ccc(F)c(Cl)c3)c2C#N)cc1. The standard InChI is InChI=1S/C28H21ClFN3OS/c1-18-7-9-19(10-8-18)22-16-26(20-5-3-2-4-6-20)33-28(23(22)17-31)35-14-13-27(34)32-21-11-12-25(30)24(29)15-21/h2-12,15-16H,13-14H2,1H3,(H,32,34). The van der Waals surface area contributed by atoms with Crippen LogP contribution in [0.4, 0.5) is 10.1 Å². The first-order chi connectivity index (χ1) is 16.9. The molecule has 4 rings (SSSR count). The lowest BCUT2D eigenvalue weighted by atomic mass is 9.98. The maximum Gasteiger partial charge on any atom is 0.225 e. The molecule has 0 saturated carbocycles. The van der Waals surface area contributed by atoms with Crippen LogP contribution in [0.2, 0.25) is 5.02 Å². The largest absolute Gasteiger partial charge is 0.326 e. The summed E-state index contributed by atoms with van der Waals surface area (Å²) in [5.74, 6) is -0.372. The van der Waals surface area contributed by atoms with Crippen molar-refractivity contribution in [3.05, 3.63) is 101 Å². The highest BCUT2D eigenvalue weighted by Crippen LogP contribution is 2.34. The zero-order valence-electron chi connectivity index (χ0n) is 18.9. The fourth-order valence-corrected chi connectivity index (χ4v) is 4.61. The second-order valence-electron chi connectivity index (χ2n) is 7.85. The molecule has 1 aromatic heterocycles. The molecule has 0 saturated heterocycles. The van der Waals surface area contributed by atoms with Crippen LogP contribution in [0.3, 0.4) is 0 Å². The highest BCUT2D eigenvalue weighted by atomic mass is 35.5. The number of aromatic nitrogens is 1. The number of aryl methyl sites for hydroxylation is 1. The lowest BCUT2D eigenvalue weighted by Gasteiger charge is -2.13. The summed E-state index contributed by atoms with van der Waals surface area (Å²) in [5, 5.41) is 13.2. The highest BCUT2D eigenvalue weighted by molar-refractivity contribution is 7.99. The van der Waals surface area contributed by atoms with Crippen LogP contribution in [0.25, 0.3) is 22.4 Å². The van der Waals surface area contributed by atoms with E-state index in [2.05, 4.69) is 11.4 Å². The van der Waals surface area contributed by atoms with E-state index >= 15 is 0 Å². The fourth-order valence-electron chi connectivity index (χ4n) is 3.49. The van der Waals surface area contributed by atoms with Gasteiger partial charge in [0.25, 0.3) is 0 Å². The molecule has 1 heterocycles. The average Bonchev–Trinajstić information content (AvgIpc) is 2.87. The third kappa shape index (κ3) is 6.07. The number of rotatable bonds is 7. The van der Waals surface area contributed by atoms with Gasteiger partial charge in [-0.3, -0.25) is 4.79 Å². The Labute approximate surface area is 212 Å². The number of amides is 1. The van der Waals surface area contributed by atoms with Crippen LogP contribution in [0.5, 0.6) is 0 Å². The molecule has 0 unspecified atom stereocenters. The Balaban J connectivity index is 1.58. The summed E-state index contributed by atoms with van der Waals surface area (Å²) in [4.78, 5) is 17.2. The number of benzene rings is 3. The van der Waals surface area contributed by atoms with E-state index in [1.165, 1.54) is 30.0 Å². The number of hydrogen-bond acceptors (Lipinski definition) is 4. The second kappa shape index (κ2) is 11.2. The van der Waals surface area contributed by atoms with E-state index in [0.29, 0.717) is 22.0 Å². The molecular formula is C28H21ClFN3OS. The predicted molar refractivity (Wildman–Crippen MR) is 140 cm³/mol. The molecule has 174 valence electrons. The van der Waals surface area contributed by atoms with Crippen molar-refractivity contribution in [2.24, 2.45) is 0 Å². The average molecular weight is 502 g/mol. The monoisotopic (exact) mass is 501 g/mol. The Morgan fingerprint density at radius 2 is 1.80 bits per heavy atom. The van der Waals surface area contributed by atoms with Gasteiger partial charge < -0.3 is 5.32 Å². The van der Waals surface area contributed by atoms with Crippen molar-refractivity contribution in [2.45, 2.75) is 18.4 Å². The van der Waals surface area contributed by atoms with E-state index < -0.39 is 5.82 Å². The Kier molecular flexibility index (Phi) is 7.81. The minimum absolute atomic E-state index is 0.0543. The zero-order valence-corrected chi connectivity index (χ0v) is 20.5. The molecule has 1 amide bonds. The maximum atomic E-state index is 13.3. The molecule has 35 heavy (non-hydrogen) atoms. The minimum Gasteiger partial charge on any atom is -0.326 e. The van der Waals surface area contributed by atoms with Crippen molar-refractivity contribution in [3.63, 3.8) is 0 Å². The van der Waals surface area contributed by atoms with Crippen LogP contribution in [0, 0.1) is 24.1 Å². The van der Waals surface area contributed by atoms with Gasteiger partial charge >= 0.3 is 0 Å². The second-order valence-corrected chi connectivity index (χ2v) is 9.35. The van der Waals surface area contributed by atoms with Gasteiger partial charge in [-0.15, -0.1) is 11.8 Å². The van der Waals surface area contributed by atoms with E-state index in [4.69, 9.17) is 16.6 Å². The van der Waals surface area contributed by atoms with Crippen molar-refractivity contribution in [1.29, 1.82) is 5.26 Å². The van der Waals surface area contributed by atoms with E-state index in [-0.39, 0.29) is 17.4 Å². The number of nitriles is 1. The lowest BCUT2D eigenvalue weighted by Crippen LogP contribution is -2.12. The van der Waals surface area contributed by atoms with Gasteiger partial charge in [0.15, 0.2) is 0 Å². The van der Waals surface area contributed by atoms with E-state index in [9.17, 15) is 14.4 Å². The summed E-state index contributed by atoms with van der Waals surface area (Å²) in [6.07, 6.45) is 0.182. The Morgan fingerprint density at radius 3 is 2.49 bits per heavy atom. The molecule has 1 N–H and O–H groups in total. The van der Waals surface area contributed by atoms with Gasteiger partial charge in [0.2, 0.25) is 5.91 Å². The lowest BCUT2D eigenvalue weighted by molar-refractivity contribution is -0.115. The number of carbonyl (C=O) groups is 1. The Hall–Kier alpha value is -3.66. The molecule has 3 aromatic carbocycles. The first kappa shape index (κ1) is 24.5. The molecule has 4 aromatic rings. The van der Waals surface area contributed by atoms with Crippen molar-refractivity contribution in [3.8, 4) is 28.5 Å². The van der Waals surface area contributed by atoms with E-state index in [1.54, 1.807) is 0 Å². The van der Waals surface area contributed by atoms with Gasteiger partial charge in [-0.05, 0) is 36.8 Å². The Morgan fingerprint density at radius 1 is 1.06 bits per heavy atom. The molecule has 0 fully saturated rings. The van der Waals surface area contributed by atoms with Gasteiger partial charge in [0.05, 0.1) is 16.3 Å².